The number of nitrogens with one attached hydrogen (secondary N) is 2. The molecule has 0 radical (unpaired) electrons. The number of hydrogen-bond acceptors (Lipinski definition) is 1. The van der Waals surface area contributed by atoms with Crippen molar-refractivity contribution in [1.29, 1.82) is 0 Å². The Morgan fingerprint density at radius 3 is 2.43 bits per heavy atom. The number of fused-ring (bicyclic) bond motifs is 1. The fourth-order valence-electron chi connectivity index (χ4n) is 2.61. The smallest absolute Gasteiger partial charge is 0.319 e. The van der Waals surface area contributed by atoms with Crippen molar-refractivity contribution in [2.45, 2.75) is 0 Å². The molecule has 0 aliphatic carbocycles. The molecule has 4 heteroatoms. The van der Waals surface area contributed by atoms with E-state index in [1.165, 1.54) is 0 Å². The molecule has 0 spiro atoms. The van der Waals surface area contributed by atoms with E-state index in [1.807, 2.05) is 48.5 Å². The summed E-state index contributed by atoms with van der Waals surface area (Å²) in [7, 11) is 0. The third-order valence-corrected chi connectivity index (χ3v) is 3.64. The number of rotatable bonds is 4. The minimum Gasteiger partial charge on any atom is -0.335 e. The van der Waals surface area contributed by atoms with Crippen LogP contribution < -0.4 is 10.6 Å². The van der Waals surface area contributed by atoms with Crippen LogP contribution in [0.15, 0.2) is 66.7 Å². The highest BCUT2D eigenvalue weighted by atomic mass is 19.1. The van der Waals surface area contributed by atoms with Crippen molar-refractivity contribution in [3.8, 4) is 11.1 Å². The number of halogens is 1. The van der Waals surface area contributed by atoms with E-state index >= 15 is 0 Å². The van der Waals surface area contributed by atoms with Gasteiger partial charge in [-0.3, -0.25) is 0 Å². The maximum atomic E-state index is 12.2. The van der Waals surface area contributed by atoms with Crippen molar-refractivity contribution in [3.63, 3.8) is 0 Å². The lowest BCUT2D eigenvalue weighted by atomic mass is 9.97. The highest BCUT2D eigenvalue weighted by Gasteiger charge is 2.10. The van der Waals surface area contributed by atoms with Crippen LogP contribution in [0, 0.1) is 0 Å². The predicted octanol–water partition coefficient (Wildman–Crippen LogP) is 4.60. The van der Waals surface area contributed by atoms with Crippen LogP contribution in [-0.2, 0) is 0 Å². The van der Waals surface area contributed by atoms with Gasteiger partial charge in [0.2, 0.25) is 0 Å². The van der Waals surface area contributed by atoms with Crippen LogP contribution >= 0.6 is 0 Å². The van der Waals surface area contributed by atoms with Crippen LogP contribution in [0.2, 0.25) is 0 Å². The van der Waals surface area contributed by atoms with Crippen LogP contribution in [0.3, 0.4) is 0 Å². The first-order valence-corrected chi connectivity index (χ1v) is 7.47. The summed E-state index contributed by atoms with van der Waals surface area (Å²) in [6.07, 6.45) is 0. The standard InChI is InChI=1S/C19H17FN2O/c20-12-13-21-19(23)22-18-11-4-3-9-17(18)16-10-5-7-14-6-1-2-8-15(14)16/h1-11H,12-13H2,(H2,21,22,23). The Morgan fingerprint density at radius 2 is 1.57 bits per heavy atom. The summed E-state index contributed by atoms with van der Waals surface area (Å²) in [4.78, 5) is 11.8. The van der Waals surface area contributed by atoms with Crippen molar-refractivity contribution in [2.75, 3.05) is 18.5 Å². The van der Waals surface area contributed by atoms with E-state index in [-0.39, 0.29) is 6.54 Å². The van der Waals surface area contributed by atoms with Gasteiger partial charge in [-0.1, -0.05) is 60.7 Å². The van der Waals surface area contributed by atoms with Gasteiger partial charge in [-0.05, 0) is 22.4 Å². The quantitative estimate of drug-likeness (QED) is 0.726. The van der Waals surface area contributed by atoms with Crippen molar-refractivity contribution >= 4 is 22.5 Å². The van der Waals surface area contributed by atoms with Gasteiger partial charge in [-0.2, -0.15) is 0 Å². The Hall–Kier alpha value is -2.88. The highest BCUT2D eigenvalue weighted by molar-refractivity contribution is 6.02. The third kappa shape index (κ3) is 3.31. The molecule has 0 saturated carbocycles. The Bertz CT molecular complexity index is 827. The normalized spacial score (nSPS) is 10.5. The second kappa shape index (κ2) is 6.92. The van der Waals surface area contributed by atoms with E-state index in [0.29, 0.717) is 5.69 Å². The molecule has 3 aromatic rings. The topological polar surface area (TPSA) is 41.1 Å². The molecule has 0 fully saturated rings. The van der Waals surface area contributed by atoms with Gasteiger partial charge in [0.05, 0.1) is 5.69 Å². The Labute approximate surface area is 134 Å². The van der Waals surface area contributed by atoms with Crippen LogP contribution in [0.25, 0.3) is 21.9 Å². The SMILES string of the molecule is O=C(NCCF)Nc1ccccc1-c1cccc2ccccc12. The number of anilines is 1. The zero-order chi connectivity index (χ0) is 16.1. The van der Waals surface area contributed by atoms with Gasteiger partial charge in [-0.25, -0.2) is 9.18 Å². The fourth-order valence-corrected chi connectivity index (χ4v) is 2.61. The molecule has 0 aliphatic rings. The van der Waals surface area contributed by atoms with Gasteiger partial charge >= 0.3 is 6.03 Å². The zero-order valence-corrected chi connectivity index (χ0v) is 12.6. The van der Waals surface area contributed by atoms with Gasteiger partial charge in [-0.15, -0.1) is 0 Å². The third-order valence-electron chi connectivity index (χ3n) is 3.64. The maximum Gasteiger partial charge on any atom is 0.319 e. The first-order valence-electron chi connectivity index (χ1n) is 7.47. The number of hydrogen-bond donors (Lipinski definition) is 2. The predicted molar refractivity (Wildman–Crippen MR) is 92.4 cm³/mol. The van der Waals surface area contributed by atoms with Crippen molar-refractivity contribution in [2.24, 2.45) is 0 Å². The Kier molecular flexibility index (Phi) is 4.52. The summed E-state index contributed by atoms with van der Waals surface area (Å²) < 4.78 is 12.2. The Morgan fingerprint density at radius 1 is 0.870 bits per heavy atom. The number of para-hydroxylation sites is 1. The number of carbonyl (C=O) groups is 1. The summed E-state index contributed by atoms with van der Waals surface area (Å²) in [6, 6.07) is 21.4. The first kappa shape index (κ1) is 15.0. The van der Waals surface area contributed by atoms with Crippen molar-refractivity contribution in [3.05, 3.63) is 66.7 Å². The van der Waals surface area contributed by atoms with Gasteiger partial charge in [0.15, 0.2) is 0 Å². The maximum absolute atomic E-state index is 12.2. The summed E-state index contributed by atoms with van der Waals surface area (Å²) >= 11 is 0. The first-order chi connectivity index (χ1) is 11.3. The van der Waals surface area contributed by atoms with E-state index in [0.717, 1.165) is 21.9 Å². The van der Waals surface area contributed by atoms with Crippen molar-refractivity contribution in [1.82, 2.24) is 5.32 Å². The molecule has 2 amide bonds. The molecule has 3 rings (SSSR count). The number of alkyl halides is 1. The van der Waals surface area contributed by atoms with E-state index in [2.05, 4.69) is 28.8 Å². The van der Waals surface area contributed by atoms with Gasteiger partial charge in [0.1, 0.15) is 6.67 Å². The lowest BCUT2D eigenvalue weighted by Gasteiger charge is -2.13. The summed E-state index contributed by atoms with van der Waals surface area (Å²) in [6.45, 7) is -0.583. The van der Waals surface area contributed by atoms with E-state index in [1.54, 1.807) is 0 Å². The molecular weight excluding hydrogens is 291 g/mol. The molecule has 0 aliphatic heterocycles. The molecule has 0 bridgehead atoms. The van der Waals surface area contributed by atoms with E-state index < -0.39 is 12.7 Å². The molecule has 0 unspecified atom stereocenters. The number of benzene rings is 3. The lowest BCUT2D eigenvalue weighted by molar-refractivity contribution is 0.251. The molecule has 2 N–H and O–H groups in total. The minimum atomic E-state index is -0.585. The largest absolute Gasteiger partial charge is 0.335 e. The fraction of sp³-hybridized carbons (Fsp3) is 0.105. The number of amides is 2. The molecule has 0 heterocycles. The number of carbonyl (C=O) groups excluding carboxylic acids is 1. The zero-order valence-electron chi connectivity index (χ0n) is 12.6. The molecular formula is C19H17FN2O. The molecule has 0 atom stereocenters. The molecule has 0 aromatic heterocycles. The molecule has 116 valence electrons. The number of urea groups is 1. The second-order valence-corrected chi connectivity index (χ2v) is 5.14. The molecule has 0 saturated heterocycles. The van der Waals surface area contributed by atoms with Crippen molar-refractivity contribution < 1.29 is 9.18 Å². The summed E-state index contributed by atoms with van der Waals surface area (Å²) in [5.74, 6) is 0. The molecule has 3 nitrogen and oxygen atoms in total. The molecule has 3 aromatic carbocycles. The average Bonchev–Trinajstić information content (AvgIpc) is 2.60. The van der Waals surface area contributed by atoms with Crippen LogP contribution in [0.5, 0.6) is 0 Å². The average molecular weight is 308 g/mol. The molecule has 23 heavy (non-hydrogen) atoms. The van der Waals surface area contributed by atoms with E-state index in [9.17, 15) is 9.18 Å². The van der Waals surface area contributed by atoms with Gasteiger partial charge < -0.3 is 10.6 Å². The minimum absolute atomic E-state index is 0.00225. The van der Waals surface area contributed by atoms with Gasteiger partial charge in [0.25, 0.3) is 0 Å². The Balaban J connectivity index is 2.01. The van der Waals surface area contributed by atoms with Gasteiger partial charge in [0, 0.05) is 12.1 Å². The lowest BCUT2D eigenvalue weighted by Crippen LogP contribution is -2.30. The van der Waals surface area contributed by atoms with Crippen LogP contribution in [-0.4, -0.2) is 19.3 Å². The summed E-state index contributed by atoms with van der Waals surface area (Å²) in [5.41, 5.74) is 2.67. The highest BCUT2D eigenvalue weighted by Crippen LogP contribution is 2.33. The van der Waals surface area contributed by atoms with Crippen LogP contribution in [0.1, 0.15) is 0 Å². The van der Waals surface area contributed by atoms with Crippen LogP contribution in [0.4, 0.5) is 14.9 Å². The summed E-state index contributed by atoms with van der Waals surface area (Å²) in [5, 5.41) is 7.52. The van der Waals surface area contributed by atoms with E-state index in [4.69, 9.17) is 0 Å². The monoisotopic (exact) mass is 308 g/mol. The second-order valence-electron chi connectivity index (χ2n) is 5.14.